The number of nitrogens with zero attached hydrogens (tertiary/aromatic N) is 2. The molecule has 0 aliphatic carbocycles. The summed E-state index contributed by atoms with van der Waals surface area (Å²) >= 11 is 1.47. The van der Waals surface area contributed by atoms with E-state index in [1.54, 1.807) is 0 Å². The number of amides is 1. The Morgan fingerprint density at radius 1 is 1.11 bits per heavy atom. The van der Waals surface area contributed by atoms with Gasteiger partial charge in [-0.05, 0) is 50.1 Å². The predicted molar refractivity (Wildman–Crippen MR) is 112 cm³/mol. The van der Waals surface area contributed by atoms with E-state index in [9.17, 15) is 4.79 Å². The van der Waals surface area contributed by atoms with Gasteiger partial charge in [-0.25, -0.2) is 4.68 Å². The molecule has 0 unspecified atom stereocenters. The molecule has 5 heteroatoms. The average molecular weight is 375 g/mol. The molecule has 0 saturated heterocycles. The van der Waals surface area contributed by atoms with E-state index >= 15 is 0 Å². The number of benzene rings is 2. The quantitative estimate of drug-likeness (QED) is 0.510. The van der Waals surface area contributed by atoms with Gasteiger partial charge in [-0.2, -0.15) is 5.10 Å². The summed E-state index contributed by atoms with van der Waals surface area (Å²) < 4.78 is 1.92. The summed E-state index contributed by atoms with van der Waals surface area (Å²) in [7, 11) is 0. The summed E-state index contributed by atoms with van der Waals surface area (Å²) in [4.78, 5) is 14.5. The molecule has 0 radical (unpaired) electrons. The molecule has 0 aliphatic rings. The SMILES string of the molecule is CCc1ccccc1NC(=O)c1cc2c(C)nn(-c3ccc(C)cc3)c2s1. The summed E-state index contributed by atoms with van der Waals surface area (Å²) in [6.07, 6.45) is 0.879. The number of rotatable bonds is 4. The van der Waals surface area contributed by atoms with Gasteiger partial charge in [0, 0.05) is 11.1 Å². The van der Waals surface area contributed by atoms with Crippen LogP contribution in [0.3, 0.4) is 0 Å². The lowest BCUT2D eigenvalue weighted by molar-refractivity contribution is 0.103. The maximum absolute atomic E-state index is 12.8. The molecule has 0 spiro atoms. The molecule has 0 atom stereocenters. The van der Waals surface area contributed by atoms with Crippen molar-refractivity contribution in [1.29, 1.82) is 0 Å². The molecular weight excluding hydrogens is 354 g/mol. The first-order valence-corrected chi connectivity index (χ1v) is 9.84. The minimum Gasteiger partial charge on any atom is -0.321 e. The molecule has 2 aromatic carbocycles. The molecule has 2 heterocycles. The van der Waals surface area contributed by atoms with E-state index in [0.29, 0.717) is 4.88 Å². The summed E-state index contributed by atoms with van der Waals surface area (Å²) in [6, 6.07) is 18.1. The van der Waals surface area contributed by atoms with Crippen LogP contribution in [0.25, 0.3) is 15.9 Å². The lowest BCUT2D eigenvalue weighted by Crippen LogP contribution is -2.11. The van der Waals surface area contributed by atoms with Crippen LogP contribution in [-0.2, 0) is 6.42 Å². The van der Waals surface area contributed by atoms with Crippen LogP contribution in [0.1, 0.15) is 33.4 Å². The van der Waals surface area contributed by atoms with Crippen LogP contribution in [0.5, 0.6) is 0 Å². The maximum atomic E-state index is 12.8. The number of hydrogen-bond donors (Lipinski definition) is 1. The number of nitrogens with one attached hydrogen (secondary N) is 1. The first-order chi connectivity index (χ1) is 13.1. The highest BCUT2D eigenvalue weighted by Gasteiger charge is 2.17. The maximum Gasteiger partial charge on any atom is 0.265 e. The van der Waals surface area contributed by atoms with Crippen molar-refractivity contribution in [3.63, 3.8) is 0 Å². The third kappa shape index (κ3) is 3.26. The molecule has 1 amide bonds. The van der Waals surface area contributed by atoms with Crippen molar-refractivity contribution in [2.45, 2.75) is 27.2 Å². The van der Waals surface area contributed by atoms with Crippen LogP contribution in [-0.4, -0.2) is 15.7 Å². The second kappa shape index (κ2) is 7.00. The first-order valence-electron chi connectivity index (χ1n) is 9.02. The van der Waals surface area contributed by atoms with Gasteiger partial charge in [-0.3, -0.25) is 4.79 Å². The second-order valence-electron chi connectivity index (χ2n) is 6.63. The fraction of sp³-hybridized carbons (Fsp3) is 0.182. The molecule has 0 aliphatic heterocycles. The lowest BCUT2D eigenvalue weighted by Gasteiger charge is -2.08. The predicted octanol–water partition coefficient (Wildman–Crippen LogP) is 5.52. The fourth-order valence-electron chi connectivity index (χ4n) is 3.15. The molecule has 1 N–H and O–H groups in total. The van der Waals surface area contributed by atoms with Crippen molar-refractivity contribution in [3.05, 3.63) is 76.3 Å². The molecule has 0 bridgehead atoms. The summed E-state index contributed by atoms with van der Waals surface area (Å²) in [5.74, 6) is -0.0769. The van der Waals surface area contributed by atoms with Gasteiger partial charge in [0.25, 0.3) is 5.91 Å². The molecule has 4 aromatic rings. The van der Waals surface area contributed by atoms with E-state index < -0.39 is 0 Å². The Kier molecular flexibility index (Phi) is 4.54. The summed E-state index contributed by atoms with van der Waals surface area (Å²) in [6.45, 7) is 6.13. The third-order valence-electron chi connectivity index (χ3n) is 4.69. The Hall–Kier alpha value is -2.92. The van der Waals surface area contributed by atoms with Crippen molar-refractivity contribution in [3.8, 4) is 5.69 Å². The highest BCUT2D eigenvalue weighted by molar-refractivity contribution is 7.20. The van der Waals surface area contributed by atoms with E-state index in [1.807, 2.05) is 41.9 Å². The zero-order valence-corrected chi connectivity index (χ0v) is 16.4. The van der Waals surface area contributed by atoms with Gasteiger partial charge in [-0.1, -0.05) is 42.8 Å². The number of aromatic nitrogens is 2. The highest BCUT2D eigenvalue weighted by atomic mass is 32.1. The lowest BCUT2D eigenvalue weighted by atomic mass is 10.1. The third-order valence-corrected chi connectivity index (χ3v) is 5.80. The second-order valence-corrected chi connectivity index (χ2v) is 7.66. The van der Waals surface area contributed by atoms with Gasteiger partial charge in [0.1, 0.15) is 4.83 Å². The zero-order valence-electron chi connectivity index (χ0n) is 15.6. The van der Waals surface area contributed by atoms with E-state index in [0.717, 1.165) is 39.3 Å². The minimum atomic E-state index is -0.0769. The van der Waals surface area contributed by atoms with Crippen molar-refractivity contribution in [2.24, 2.45) is 0 Å². The fourth-order valence-corrected chi connectivity index (χ4v) is 4.23. The van der Waals surface area contributed by atoms with Crippen LogP contribution < -0.4 is 5.32 Å². The van der Waals surface area contributed by atoms with E-state index in [2.05, 4.69) is 48.5 Å². The Morgan fingerprint density at radius 3 is 2.59 bits per heavy atom. The van der Waals surface area contributed by atoms with Gasteiger partial charge in [0.15, 0.2) is 0 Å². The summed E-state index contributed by atoms with van der Waals surface area (Å²) in [5, 5.41) is 8.74. The molecule has 0 fully saturated rings. The van der Waals surface area contributed by atoms with Crippen LogP contribution in [0.2, 0.25) is 0 Å². The molecule has 4 rings (SSSR count). The van der Waals surface area contributed by atoms with Crippen LogP contribution in [0, 0.1) is 13.8 Å². The highest BCUT2D eigenvalue weighted by Crippen LogP contribution is 2.31. The number of fused-ring (bicyclic) bond motifs is 1. The van der Waals surface area contributed by atoms with E-state index in [-0.39, 0.29) is 5.91 Å². The normalized spacial score (nSPS) is 11.1. The largest absolute Gasteiger partial charge is 0.321 e. The van der Waals surface area contributed by atoms with Crippen LogP contribution >= 0.6 is 11.3 Å². The van der Waals surface area contributed by atoms with Crippen molar-refractivity contribution < 1.29 is 4.79 Å². The minimum absolute atomic E-state index is 0.0769. The van der Waals surface area contributed by atoms with E-state index in [4.69, 9.17) is 0 Å². The molecule has 4 nitrogen and oxygen atoms in total. The monoisotopic (exact) mass is 375 g/mol. The molecule has 2 aromatic heterocycles. The van der Waals surface area contributed by atoms with Gasteiger partial charge in [-0.15, -0.1) is 11.3 Å². The van der Waals surface area contributed by atoms with E-state index in [1.165, 1.54) is 16.9 Å². The standard InChI is InChI=1S/C22H21N3OS/c1-4-16-7-5-6-8-19(16)23-21(26)20-13-18-15(3)24-25(22(18)27-20)17-11-9-14(2)10-12-17/h5-13H,4H2,1-3H3,(H,23,26). The van der Waals surface area contributed by atoms with Gasteiger partial charge in [0.2, 0.25) is 0 Å². The number of carbonyl (C=O) groups excluding carboxylic acids is 1. The molecule has 136 valence electrons. The Morgan fingerprint density at radius 2 is 1.85 bits per heavy atom. The Balaban J connectivity index is 1.70. The van der Waals surface area contributed by atoms with Gasteiger partial charge in [0.05, 0.1) is 16.3 Å². The number of hydrogen-bond acceptors (Lipinski definition) is 3. The topological polar surface area (TPSA) is 46.9 Å². The Bertz CT molecular complexity index is 1120. The van der Waals surface area contributed by atoms with Gasteiger partial charge < -0.3 is 5.32 Å². The number of thiophene rings is 1. The molecule has 27 heavy (non-hydrogen) atoms. The van der Waals surface area contributed by atoms with Crippen molar-refractivity contribution in [2.75, 3.05) is 5.32 Å². The number of carbonyl (C=O) groups is 1. The number of aryl methyl sites for hydroxylation is 3. The number of para-hydroxylation sites is 1. The average Bonchev–Trinajstić information content (AvgIpc) is 3.24. The van der Waals surface area contributed by atoms with Crippen LogP contribution in [0.4, 0.5) is 5.69 Å². The smallest absolute Gasteiger partial charge is 0.265 e. The Labute approximate surface area is 162 Å². The zero-order chi connectivity index (χ0) is 19.0. The first kappa shape index (κ1) is 17.5. The van der Waals surface area contributed by atoms with Gasteiger partial charge >= 0.3 is 0 Å². The van der Waals surface area contributed by atoms with Crippen LogP contribution in [0.15, 0.2) is 54.6 Å². The summed E-state index contributed by atoms with van der Waals surface area (Å²) in [5.41, 5.74) is 5.15. The van der Waals surface area contributed by atoms with Crippen molar-refractivity contribution in [1.82, 2.24) is 9.78 Å². The molecule has 0 saturated carbocycles. The number of anilines is 1. The molecular formula is C22H21N3OS. The van der Waals surface area contributed by atoms with Crippen molar-refractivity contribution >= 4 is 33.1 Å².